The summed E-state index contributed by atoms with van der Waals surface area (Å²) in [5.41, 5.74) is 0. The van der Waals surface area contributed by atoms with E-state index in [0.717, 1.165) is 41.5 Å². The number of hydrogen-bond acceptors (Lipinski definition) is 21. The molecular weight excluding hydrogens is 837 g/mol. The van der Waals surface area contributed by atoms with E-state index in [-0.39, 0.29) is 11.5 Å². The molecule has 0 unspecified atom stereocenters. The highest BCUT2D eigenvalue weighted by Crippen LogP contribution is 2.52. The summed E-state index contributed by atoms with van der Waals surface area (Å²) in [5, 5.41) is 2.22. The van der Waals surface area contributed by atoms with Crippen molar-refractivity contribution in [3.05, 3.63) is 60.7 Å². The first-order chi connectivity index (χ1) is 28.9. The number of carbonyl (C=O) groups is 7. The second-order valence-corrected chi connectivity index (χ2v) is 14.5. The Hall–Kier alpha value is -5.80. The highest BCUT2D eigenvalue weighted by atomic mass is 31.2. The molecule has 334 valence electrons. The van der Waals surface area contributed by atoms with Crippen LogP contribution >= 0.6 is 7.82 Å². The molecule has 4 rings (SSSR count). The lowest BCUT2D eigenvalue weighted by molar-refractivity contribution is -0.359. The molecule has 2 aliphatic rings. The molecule has 2 heterocycles. The van der Waals surface area contributed by atoms with Gasteiger partial charge in [0.05, 0.1) is 0 Å². The van der Waals surface area contributed by atoms with Crippen LogP contribution in [0.1, 0.15) is 41.5 Å². The lowest BCUT2D eigenvalue weighted by Crippen LogP contribution is -2.67. The summed E-state index contributed by atoms with van der Waals surface area (Å²) in [6, 6.07) is 15.2. The number of alkyl carbamates (subject to hydrolysis) is 1. The van der Waals surface area contributed by atoms with Crippen molar-refractivity contribution in [3.8, 4) is 11.5 Å². The first kappa shape index (κ1) is 47.9. The van der Waals surface area contributed by atoms with Gasteiger partial charge in [-0.2, -0.15) is 0 Å². The monoisotopic (exact) mass is 883 g/mol. The molecule has 22 nitrogen and oxygen atoms in total. The van der Waals surface area contributed by atoms with E-state index in [1.807, 2.05) is 0 Å². The molecular formula is C38H46NO21P. The summed E-state index contributed by atoms with van der Waals surface area (Å²) < 4.78 is 89.3. The van der Waals surface area contributed by atoms with E-state index >= 15 is 0 Å². The number of phosphoric acid groups is 1. The SMILES string of the molecule is CNC(=O)O[C@H]1[C@H](OC(C)=O)[C@@H](O[C@@H]2[C@@H](OP(=O)(Oc3ccccc3)Oc3ccccc3)O[C@@H](COC(C)=O)[C@@H](OC(C)=O)[C@@H]2OC(C)=O)O[C@H](COC(C)=O)[C@H]1OC(C)=O. The largest absolute Gasteiger partial charge is 0.590 e. The van der Waals surface area contributed by atoms with Gasteiger partial charge in [-0.3, -0.25) is 28.8 Å². The number of phosphoric ester groups is 1. The Kier molecular flexibility index (Phi) is 17.4. The normalized spacial score (nSPS) is 26.0. The molecule has 2 aromatic rings. The van der Waals surface area contributed by atoms with Crippen molar-refractivity contribution in [2.24, 2.45) is 0 Å². The number of rotatable bonds is 17. The minimum atomic E-state index is -5.01. The van der Waals surface area contributed by atoms with E-state index in [4.69, 9.17) is 60.9 Å². The number of hydrogen-bond donors (Lipinski definition) is 1. The molecule has 10 atom stereocenters. The molecule has 61 heavy (non-hydrogen) atoms. The van der Waals surface area contributed by atoms with Gasteiger partial charge in [0.2, 0.25) is 6.29 Å². The quantitative estimate of drug-likeness (QED) is 0.136. The average Bonchev–Trinajstić information content (AvgIpc) is 3.17. The van der Waals surface area contributed by atoms with Crippen LogP contribution in [0.4, 0.5) is 4.79 Å². The standard InChI is InChI=1S/C38H46NO21P/c1-20(40)48-18-28-31(51-23(4)43)33(57-38(46)39-7)34(53-25(6)45)36(54-28)56-35-32(52-24(5)44)30(50-22(3)42)29(19-49-21(2)41)55-37(35)60-61(47,58-26-14-10-8-11-15-26)59-27-16-12-9-13-17-27/h8-17,28-37H,18-19H2,1-7H3,(H,39,46)/t28-,29+,30-,31-,32+,33-,34+,35+,36-,37-/m1/s1. The maximum Gasteiger partial charge on any atom is 0.590 e. The van der Waals surface area contributed by atoms with Crippen LogP contribution in [-0.4, -0.2) is 124 Å². The maximum atomic E-state index is 14.8. The molecule has 0 aliphatic carbocycles. The third-order valence-electron chi connectivity index (χ3n) is 8.18. The number of carbonyl (C=O) groups excluding carboxylic acids is 7. The highest BCUT2D eigenvalue weighted by Gasteiger charge is 2.59. The summed E-state index contributed by atoms with van der Waals surface area (Å²) in [7, 11) is -3.81. The Balaban J connectivity index is 1.93. The van der Waals surface area contributed by atoms with Gasteiger partial charge in [-0.05, 0) is 24.3 Å². The Morgan fingerprint density at radius 2 is 0.918 bits per heavy atom. The number of benzene rings is 2. The molecule has 1 N–H and O–H groups in total. The summed E-state index contributed by atoms with van der Waals surface area (Å²) in [6.45, 7) is 4.79. The lowest BCUT2D eigenvalue weighted by atomic mass is 9.96. The molecule has 23 heteroatoms. The Morgan fingerprint density at radius 1 is 0.525 bits per heavy atom. The zero-order chi connectivity index (χ0) is 44.9. The Labute approximate surface area is 349 Å². The van der Waals surface area contributed by atoms with Gasteiger partial charge in [0.15, 0.2) is 42.9 Å². The zero-order valence-corrected chi connectivity index (χ0v) is 34.9. The molecule has 1 amide bonds. The van der Waals surface area contributed by atoms with E-state index < -0.39 is 124 Å². The fourth-order valence-corrected chi connectivity index (χ4v) is 7.26. The number of esters is 6. The van der Waals surface area contributed by atoms with Crippen LogP contribution < -0.4 is 14.4 Å². The van der Waals surface area contributed by atoms with Crippen molar-refractivity contribution in [2.75, 3.05) is 20.3 Å². The predicted molar refractivity (Wildman–Crippen MR) is 200 cm³/mol. The number of ether oxygens (including phenoxy) is 10. The maximum absolute atomic E-state index is 14.8. The van der Waals surface area contributed by atoms with Crippen LogP contribution in [0.2, 0.25) is 0 Å². The average molecular weight is 884 g/mol. The van der Waals surface area contributed by atoms with E-state index in [1.54, 1.807) is 36.4 Å². The van der Waals surface area contributed by atoms with Crippen LogP contribution in [0.15, 0.2) is 60.7 Å². The van der Waals surface area contributed by atoms with Crippen molar-refractivity contribution >= 4 is 49.7 Å². The third kappa shape index (κ3) is 14.4. The summed E-state index contributed by atoms with van der Waals surface area (Å²) >= 11 is 0. The van der Waals surface area contributed by atoms with Crippen molar-refractivity contribution in [3.63, 3.8) is 0 Å². The van der Waals surface area contributed by atoms with Crippen LogP contribution in [-0.2, 0) is 85.2 Å². The smallest absolute Gasteiger partial charge is 0.463 e. The van der Waals surface area contributed by atoms with Gasteiger partial charge < -0.3 is 61.7 Å². The molecule has 2 fully saturated rings. The molecule has 0 spiro atoms. The van der Waals surface area contributed by atoms with Gasteiger partial charge >= 0.3 is 49.7 Å². The number of amides is 1. The van der Waals surface area contributed by atoms with Crippen LogP contribution in [0.5, 0.6) is 11.5 Å². The molecule has 0 radical (unpaired) electrons. The zero-order valence-electron chi connectivity index (χ0n) is 34.0. The predicted octanol–water partition coefficient (Wildman–Crippen LogP) is 2.68. The molecule has 0 bridgehead atoms. The molecule has 0 saturated carbocycles. The molecule has 2 aromatic carbocycles. The Morgan fingerprint density at radius 3 is 1.33 bits per heavy atom. The van der Waals surface area contributed by atoms with E-state index in [1.165, 1.54) is 31.3 Å². The van der Waals surface area contributed by atoms with Crippen LogP contribution in [0, 0.1) is 0 Å². The summed E-state index contributed by atoms with van der Waals surface area (Å²) in [6.07, 6.45) is -19.2. The van der Waals surface area contributed by atoms with Crippen LogP contribution in [0.3, 0.4) is 0 Å². The topological polar surface area (TPSA) is 269 Å². The first-order valence-electron chi connectivity index (χ1n) is 18.5. The van der Waals surface area contributed by atoms with Crippen LogP contribution in [0.25, 0.3) is 0 Å². The third-order valence-corrected chi connectivity index (χ3v) is 9.52. The van der Waals surface area contributed by atoms with E-state index in [0.29, 0.717) is 0 Å². The summed E-state index contributed by atoms with van der Waals surface area (Å²) in [5.74, 6) is -5.54. The van der Waals surface area contributed by atoms with Crippen molar-refractivity contribution < 1.29 is 99.1 Å². The highest BCUT2D eigenvalue weighted by molar-refractivity contribution is 7.49. The second-order valence-electron chi connectivity index (χ2n) is 13.1. The van der Waals surface area contributed by atoms with Crippen molar-refractivity contribution in [2.45, 2.75) is 103 Å². The Bertz CT molecular complexity index is 1850. The van der Waals surface area contributed by atoms with Gasteiger partial charge in [-0.1, -0.05) is 36.4 Å². The van der Waals surface area contributed by atoms with Gasteiger partial charge in [0.1, 0.15) is 36.9 Å². The molecule has 0 aromatic heterocycles. The van der Waals surface area contributed by atoms with Crippen molar-refractivity contribution in [1.29, 1.82) is 0 Å². The first-order valence-corrected chi connectivity index (χ1v) is 19.9. The van der Waals surface area contributed by atoms with Gasteiger partial charge in [0, 0.05) is 48.6 Å². The molecule has 2 aliphatic heterocycles. The fraction of sp³-hybridized carbons (Fsp3) is 0.500. The lowest BCUT2D eigenvalue weighted by Gasteiger charge is -2.48. The minimum Gasteiger partial charge on any atom is -0.463 e. The van der Waals surface area contributed by atoms with Gasteiger partial charge in [-0.25, -0.2) is 13.9 Å². The molecule has 2 saturated heterocycles. The van der Waals surface area contributed by atoms with Gasteiger partial charge in [-0.15, -0.1) is 0 Å². The van der Waals surface area contributed by atoms with E-state index in [9.17, 15) is 38.1 Å². The number of para-hydroxylation sites is 2. The van der Waals surface area contributed by atoms with Crippen molar-refractivity contribution in [1.82, 2.24) is 5.32 Å². The second kappa shape index (κ2) is 22.2. The number of nitrogens with one attached hydrogen (secondary N) is 1. The minimum absolute atomic E-state index is 0.0228. The summed E-state index contributed by atoms with van der Waals surface area (Å²) in [4.78, 5) is 87.2. The fourth-order valence-electron chi connectivity index (χ4n) is 5.95. The van der Waals surface area contributed by atoms with E-state index in [2.05, 4.69) is 5.32 Å². The van der Waals surface area contributed by atoms with Gasteiger partial charge in [0.25, 0.3) is 0 Å².